The zero-order valence-electron chi connectivity index (χ0n) is 15.2. The summed E-state index contributed by atoms with van der Waals surface area (Å²) in [5.74, 6) is 1.58. The van der Waals surface area contributed by atoms with Crippen molar-refractivity contribution in [3.63, 3.8) is 0 Å². The molecule has 0 spiro atoms. The van der Waals surface area contributed by atoms with Gasteiger partial charge in [0.2, 0.25) is 0 Å². The second kappa shape index (κ2) is 7.42. The third-order valence-electron chi connectivity index (χ3n) is 5.10. The van der Waals surface area contributed by atoms with Crippen molar-refractivity contribution in [3.8, 4) is 11.3 Å². The number of ether oxygens (including phenoxy) is 1. The lowest BCUT2D eigenvalue weighted by Gasteiger charge is -2.42. The Morgan fingerprint density at radius 3 is 2.60 bits per heavy atom. The third kappa shape index (κ3) is 3.94. The molecule has 1 fully saturated rings. The summed E-state index contributed by atoms with van der Waals surface area (Å²) in [5.41, 5.74) is 1.52. The normalized spacial score (nSPS) is 16.8. The maximum absolute atomic E-state index is 12.6. The average molecular weight is 342 g/mol. The summed E-state index contributed by atoms with van der Waals surface area (Å²) in [6.07, 6.45) is 1.85. The van der Waals surface area contributed by atoms with E-state index >= 15 is 0 Å². The van der Waals surface area contributed by atoms with E-state index in [0.29, 0.717) is 12.1 Å². The Labute approximate surface area is 149 Å². The van der Waals surface area contributed by atoms with Gasteiger partial charge in [0.25, 0.3) is 5.91 Å². The molecule has 1 aliphatic heterocycles. The first-order valence-corrected chi connectivity index (χ1v) is 8.70. The number of rotatable bonds is 5. The number of carbonyl (C=O) groups is 1. The number of nitrogens with one attached hydrogen (secondary N) is 1. The van der Waals surface area contributed by atoms with Gasteiger partial charge in [-0.2, -0.15) is 0 Å². The predicted molar refractivity (Wildman–Crippen MR) is 97.7 cm³/mol. The summed E-state index contributed by atoms with van der Waals surface area (Å²) < 4.78 is 11.1. The van der Waals surface area contributed by atoms with E-state index in [1.165, 1.54) is 0 Å². The van der Waals surface area contributed by atoms with Gasteiger partial charge in [0.05, 0.1) is 0 Å². The monoisotopic (exact) mass is 342 g/mol. The number of nitrogens with zero attached hydrogens (tertiary/aromatic N) is 1. The number of benzene rings is 1. The molecule has 1 aromatic heterocycles. The second-order valence-electron chi connectivity index (χ2n) is 6.90. The molecule has 1 aliphatic rings. The highest BCUT2D eigenvalue weighted by molar-refractivity contribution is 5.95. The van der Waals surface area contributed by atoms with Crippen molar-refractivity contribution in [2.24, 2.45) is 0 Å². The lowest BCUT2D eigenvalue weighted by Crippen LogP contribution is -2.55. The number of carbonyl (C=O) groups excluding carboxylic acids is 1. The fourth-order valence-electron chi connectivity index (χ4n) is 3.28. The number of likely N-dealkylation sites (N-methyl/N-ethyl adjacent to an activating group) is 1. The number of hydrogen-bond donors (Lipinski definition) is 1. The van der Waals surface area contributed by atoms with Crippen molar-refractivity contribution in [1.29, 1.82) is 0 Å². The van der Waals surface area contributed by atoms with Crippen LogP contribution in [0.4, 0.5) is 0 Å². The first kappa shape index (κ1) is 17.7. The van der Waals surface area contributed by atoms with E-state index in [-0.39, 0.29) is 11.4 Å². The molecule has 2 aromatic rings. The van der Waals surface area contributed by atoms with Crippen LogP contribution in [0.2, 0.25) is 0 Å². The van der Waals surface area contributed by atoms with Crippen molar-refractivity contribution in [2.45, 2.75) is 25.3 Å². The highest BCUT2D eigenvalue weighted by atomic mass is 16.5. The van der Waals surface area contributed by atoms with Crippen LogP contribution in [0.3, 0.4) is 0 Å². The van der Waals surface area contributed by atoms with Crippen LogP contribution in [-0.4, -0.2) is 50.2 Å². The molecule has 0 bridgehead atoms. The van der Waals surface area contributed by atoms with Crippen molar-refractivity contribution < 1.29 is 13.9 Å². The van der Waals surface area contributed by atoms with Crippen LogP contribution in [0.25, 0.3) is 11.3 Å². The molecular formula is C20H26N2O3. The minimum Gasteiger partial charge on any atom is -0.461 e. The van der Waals surface area contributed by atoms with E-state index in [4.69, 9.17) is 9.15 Å². The molecule has 25 heavy (non-hydrogen) atoms. The topological polar surface area (TPSA) is 54.7 Å². The largest absolute Gasteiger partial charge is 0.461 e. The summed E-state index contributed by atoms with van der Waals surface area (Å²) in [6.45, 7) is 4.00. The van der Waals surface area contributed by atoms with Gasteiger partial charge in [0.15, 0.2) is 0 Å². The highest BCUT2D eigenvalue weighted by Gasteiger charge is 2.35. The Bertz CT molecular complexity index is 730. The van der Waals surface area contributed by atoms with Crippen LogP contribution in [0.1, 0.15) is 29.0 Å². The van der Waals surface area contributed by atoms with Gasteiger partial charge >= 0.3 is 0 Å². The molecule has 5 nitrogen and oxygen atoms in total. The van der Waals surface area contributed by atoms with Crippen molar-refractivity contribution in [3.05, 3.63) is 47.7 Å². The van der Waals surface area contributed by atoms with Gasteiger partial charge in [-0.1, -0.05) is 12.1 Å². The van der Waals surface area contributed by atoms with Crippen molar-refractivity contribution in [1.82, 2.24) is 10.2 Å². The smallest absolute Gasteiger partial charge is 0.251 e. The molecule has 1 N–H and O–H groups in total. The van der Waals surface area contributed by atoms with Gasteiger partial charge in [-0.3, -0.25) is 4.79 Å². The van der Waals surface area contributed by atoms with Gasteiger partial charge < -0.3 is 19.4 Å². The summed E-state index contributed by atoms with van der Waals surface area (Å²) in [4.78, 5) is 14.9. The van der Waals surface area contributed by atoms with E-state index in [2.05, 4.69) is 24.3 Å². The van der Waals surface area contributed by atoms with E-state index in [1.807, 2.05) is 43.3 Å². The van der Waals surface area contributed by atoms with Crippen LogP contribution >= 0.6 is 0 Å². The minimum absolute atomic E-state index is 0.0381. The lowest BCUT2D eigenvalue weighted by atomic mass is 9.88. The number of amides is 1. The van der Waals surface area contributed by atoms with E-state index in [0.717, 1.165) is 43.1 Å². The number of hydrogen-bond acceptors (Lipinski definition) is 4. The maximum atomic E-state index is 12.6. The van der Waals surface area contributed by atoms with Crippen LogP contribution in [0.5, 0.6) is 0 Å². The van der Waals surface area contributed by atoms with Gasteiger partial charge in [0.1, 0.15) is 11.5 Å². The average Bonchev–Trinajstić information content (AvgIpc) is 3.07. The van der Waals surface area contributed by atoms with Crippen LogP contribution in [-0.2, 0) is 4.74 Å². The predicted octanol–water partition coefficient (Wildman–Crippen LogP) is 3.10. The van der Waals surface area contributed by atoms with Crippen LogP contribution < -0.4 is 5.32 Å². The van der Waals surface area contributed by atoms with E-state index < -0.39 is 0 Å². The zero-order valence-corrected chi connectivity index (χ0v) is 15.2. The number of aryl methyl sites for hydroxylation is 1. The van der Waals surface area contributed by atoms with Crippen LogP contribution in [0.15, 0.2) is 40.8 Å². The molecule has 1 aromatic carbocycles. The fraction of sp³-hybridized carbons (Fsp3) is 0.450. The fourth-order valence-corrected chi connectivity index (χ4v) is 3.28. The molecule has 0 atom stereocenters. The standard InChI is InChI=1S/C20H26N2O3/c1-15-7-8-18(25-15)16-5-4-6-17(13-16)19(23)21-14-20(22(2)3)9-11-24-12-10-20/h4-8,13H,9-12,14H2,1-3H3,(H,21,23). The van der Waals surface area contributed by atoms with Crippen molar-refractivity contribution >= 4 is 5.91 Å². The van der Waals surface area contributed by atoms with Gasteiger partial charge in [-0.25, -0.2) is 0 Å². The Hall–Kier alpha value is -2.11. The Morgan fingerprint density at radius 2 is 1.96 bits per heavy atom. The zero-order chi connectivity index (χ0) is 17.9. The number of furan rings is 1. The summed E-state index contributed by atoms with van der Waals surface area (Å²) >= 11 is 0. The van der Waals surface area contributed by atoms with E-state index in [9.17, 15) is 4.79 Å². The summed E-state index contributed by atoms with van der Waals surface area (Å²) in [7, 11) is 4.13. The van der Waals surface area contributed by atoms with Gasteiger partial charge in [-0.15, -0.1) is 0 Å². The molecule has 1 amide bonds. The molecular weight excluding hydrogens is 316 g/mol. The van der Waals surface area contributed by atoms with E-state index in [1.54, 1.807) is 0 Å². The minimum atomic E-state index is -0.0576. The SMILES string of the molecule is Cc1ccc(-c2cccc(C(=O)NCC3(N(C)C)CCOCC3)c2)o1. The molecule has 0 aliphatic carbocycles. The van der Waals surface area contributed by atoms with Crippen LogP contribution in [0, 0.1) is 6.92 Å². The lowest BCUT2D eigenvalue weighted by molar-refractivity contribution is -0.00657. The third-order valence-corrected chi connectivity index (χ3v) is 5.10. The first-order chi connectivity index (χ1) is 12.0. The Kier molecular flexibility index (Phi) is 5.25. The van der Waals surface area contributed by atoms with Crippen molar-refractivity contribution in [2.75, 3.05) is 33.9 Å². The van der Waals surface area contributed by atoms with Gasteiger partial charge in [-0.05, 0) is 58.1 Å². The molecule has 5 heteroatoms. The molecule has 134 valence electrons. The maximum Gasteiger partial charge on any atom is 0.251 e. The quantitative estimate of drug-likeness (QED) is 0.907. The highest BCUT2D eigenvalue weighted by Crippen LogP contribution is 2.26. The molecule has 2 heterocycles. The molecule has 0 radical (unpaired) electrons. The summed E-state index contributed by atoms with van der Waals surface area (Å²) in [5, 5.41) is 3.11. The molecule has 0 saturated carbocycles. The summed E-state index contributed by atoms with van der Waals surface area (Å²) in [6, 6.07) is 11.4. The molecule has 1 saturated heterocycles. The van der Waals surface area contributed by atoms with Gasteiger partial charge in [0, 0.05) is 36.4 Å². The molecule has 0 unspecified atom stereocenters. The second-order valence-corrected chi connectivity index (χ2v) is 6.90. The molecule has 3 rings (SSSR count). The Balaban J connectivity index is 1.71. The first-order valence-electron chi connectivity index (χ1n) is 8.70. The Morgan fingerprint density at radius 1 is 1.20 bits per heavy atom.